The molecule has 0 aromatic heterocycles. The Hall–Kier alpha value is -1.35. The van der Waals surface area contributed by atoms with Gasteiger partial charge in [-0.2, -0.15) is 0 Å². The fourth-order valence-corrected chi connectivity index (χ4v) is 1.97. The standard InChI is InChI=1S/C13H18N2O/c1-13(7-2-8-13)15-12(16)11-5-3-10(9-14)4-6-11/h3-6H,2,7-9,14H2,1H3,(H,15,16). The Morgan fingerprint density at radius 1 is 1.38 bits per heavy atom. The maximum absolute atomic E-state index is 11.9. The maximum Gasteiger partial charge on any atom is 0.251 e. The molecule has 1 aliphatic carbocycles. The second-order valence-corrected chi connectivity index (χ2v) is 4.77. The average Bonchev–Trinajstić information content (AvgIpc) is 2.27. The number of nitrogens with two attached hydrogens (primary N) is 1. The molecule has 1 saturated carbocycles. The molecule has 1 amide bonds. The molecule has 0 atom stereocenters. The van der Waals surface area contributed by atoms with Crippen LogP contribution in [0.25, 0.3) is 0 Å². The zero-order chi connectivity index (χ0) is 11.6. The van der Waals surface area contributed by atoms with E-state index in [9.17, 15) is 4.79 Å². The molecule has 1 fully saturated rings. The van der Waals surface area contributed by atoms with Crippen LogP contribution in [0, 0.1) is 0 Å². The first-order chi connectivity index (χ1) is 7.63. The maximum atomic E-state index is 11.9. The largest absolute Gasteiger partial charge is 0.347 e. The summed E-state index contributed by atoms with van der Waals surface area (Å²) in [4.78, 5) is 11.9. The van der Waals surface area contributed by atoms with Crippen LogP contribution in [0.2, 0.25) is 0 Å². The molecule has 16 heavy (non-hydrogen) atoms. The molecular formula is C13H18N2O. The van der Waals surface area contributed by atoms with Crippen LogP contribution >= 0.6 is 0 Å². The van der Waals surface area contributed by atoms with Crippen LogP contribution in [0.4, 0.5) is 0 Å². The molecule has 0 saturated heterocycles. The van der Waals surface area contributed by atoms with Gasteiger partial charge in [-0.05, 0) is 43.9 Å². The Morgan fingerprint density at radius 3 is 2.44 bits per heavy atom. The Kier molecular flexibility index (Phi) is 2.97. The Balaban J connectivity index is 2.03. The monoisotopic (exact) mass is 218 g/mol. The van der Waals surface area contributed by atoms with Gasteiger partial charge in [-0.25, -0.2) is 0 Å². The normalized spacial score (nSPS) is 17.6. The van der Waals surface area contributed by atoms with E-state index in [0.29, 0.717) is 12.1 Å². The van der Waals surface area contributed by atoms with Crippen molar-refractivity contribution in [3.05, 3.63) is 35.4 Å². The fraction of sp³-hybridized carbons (Fsp3) is 0.462. The molecule has 1 aromatic rings. The van der Waals surface area contributed by atoms with E-state index < -0.39 is 0 Å². The van der Waals surface area contributed by atoms with E-state index in [2.05, 4.69) is 12.2 Å². The van der Waals surface area contributed by atoms with Crippen molar-refractivity contribution < 1.29 is 4.79 Å². The molecule has 0 aliphatic heterocycles. The first kappa shape index (κ1) is 11.1. The van der Waals surface area contributed by atoms with Gasteiger partial charge in [0.05, 0.1) is 0 Å². The minimum absolute atomic E-state index is 0.0175. The second-order valence-electron chi connectivity index (χ2n) is 4.77. The molecule has 2 rings (SSSR count). The molecule has 3 nitrogen and oxygen atoms in total. The lowest BCUT2D eigenvalue weighted by atomic mass is 9.78. The minimum Gasteiger partial charge on any atom is -0.347 e. The van der Waals surface area contributed by atoms with Gasteiger partial charge < -0.3 is 11.1 Å². The SMILES string of the molecule is CC1(NC(=O)c2ccc(CN)cc2)CCC1. The summed E-state index contributed by atoms with van der Waals surface area (Å²) in [5, 5.41) is 3.08. The van der Waals surface area contributed by atoms with Gasteiger partial charge in [-0.1, -0.05) is 12.1 Å². The Bertz CT molecular complexity index is 379. The Labute approximate surface area is 96.0 Å². The number of benzene rings is 1. The molecule has 1 aromatic carbocycles. The number of hydrogen-bond donors (Lipinski definition) is 2. The molecule has 0 spiro atoms. The lowest BCUT2D eigenvalue weighted by Crippen LogP contribution is -2.50. The third-order valence-electron chi connectivity index (χ3n) is 3.32. The summed E-state index contributed by atoms with van der Waals surface area (Å²) < 4.78 is 0. The topological polar surface area (TPSA) is 55.1 Å². The summed E-state index contributed by atoms with van der Waals surface area (Å²) >= 11 is 0. The van der Waals surface area contributed by atoms with Gasteiger partial charge in [0.2, 0.25) is 0 Å². The van der Waals surface area contributed by atoms with E-state index in [1.807, 2.05) is 24.3 Å². The van der Waals surface area contributed by atoms with Crippen molar-refractivity contribution >= 4 is 5.91 Å². The van der Waals surface area contributed by atoms with Gasteiger partial charge in [0.15, 0.2) is 0 Å². The van der Waals surface area contributed by atoms with E-state index in [1.165, 1.54) is 6.42 Å². The third kappa shape index (κ3) is 2.25. The van der Waals surface area contributed by atoms with E-state index in [1.54, 1.807) is 0 Å². The van der Waals surface area contributed by atoms with Crippen molar-refractivity contribution in [1.82, 2.24) is 5.32 Å². The van der Waals surface area contributed by atoms with E-state index in [-0.39, 0.29) is 11.4 Å². The summed E-state index contributed by atoms with van der Waals surface area (Å²) in [6.07, 6.45) is 3.38. The molecule has 0 heterocycles. The molecule has 0 bridgehead atoms. The zero-order valence-corrected chi connectivity index (χ0v) is 9.62. The highest BCUT2D eigenvalue weighted by molar-refractivity contribution is 5.94. The van der Waals surface area contributed by atoms with Crippen LogP contribution in [0.1, 0.15) is 42.1 Å². The van der Waals surface area contributed by atoms with Gasteiger partial charge in [0.25, 0.3) is 5.91 Å². The lowest BCUT2D eigenvalue weighted by Gasteiger charge is -2.39. The predicted molar refractivity (Wildman–Crippen MR) is 64.1 cm³/mol. The highest BCUT2D eigenvalue weighted by Gasteiger charge is 2.33. The van der Waals surface area contributed by atoms with E-state index in [4.69, 9.17) is 5.73 Å². The minimum atomic E-state index is 0.0175. The molecule has 3 heteroatoms. The van der Waals surface area contributed by atoms with Crippen molar-refractivity contribution in [3.63, 3.8) is 0 Å². The molecule has 0 unspecified atom stereocenters. The Morgan fingerprint density at radius 2 is 2.00 bits per heavy atom. The average molecular weight is 218 g/mol. The lowest BCUT2D eigenvalue weighted by molar-refractivity contribution is 0.0850. The van der Waals surface area contributed by atoms with Crippen LogP contribution in [0.15, 0.2) is 24.3 Å². The van der Waals surface area contributed by atoms with Crippen LogP contribution < -0.4 is 11.1 Å². The number of carbonyl (C=O) groups excluding carboxylic acids is 1. The summed E-state index contributed by atoms with van der Waals surface area (Å²) in [6.45, 7) is 2.61. The van der Waals surface area contributed by atoms with Gasteiger partial charge in [-0.15, -0.1) is 0 Å². The van der Waals surface area contributed by atoms with Crippen LogP contribution in [0.3, 0.4) is 0 Å². The van der Waals surface area contributed by atoms with Crippen molar-refractivity contribution in [3.8, 4) is 0 Å². The molecule has 3 N–H and O–H groups in total. The van der Waals surface area contributed by atoms with Gasteiger partial charge >= 0.3 is 0 Å². The molecule has 0 radical (unpaired) electrons. The molecule has 1 aliphatic rings. The van der Waals surface area contributed by atoms with Gasteiger partial charge in [0, 0.05) is 17.6 Å². The number of amides is 1. The van der Waals surface area contributed by atoms with Gasteiger partial charge in [-0.3, -0.25) is 4.79 Å². The number of carbonyl (C=O) groups is 1. The molecule has 86 valence electrons. The molecular weight excluding hydrogens is 200 g/mol. The summed E-state index contributed by atoms with van der Waals surface area (Å²) in [5.74, 6) is 0.0192. The zero-order valence-electron chi connectivity index (χ0n) is 9.62. The summed E-state index contributed by atoms with van der Waals surface area (Å²) in [7, 11) is 0. The number of hydrogen-bond acceptors (Lipinski definition) is 2. The predicted octanol–water partition coefficient (Wildman–Crippen LogP) is 1.82. The number of nitrogens with one attached hydrogen (secondary N) is 1. The van der Waals surface area contributed by atoms with Crippen LogP contribution in [-0.2, 0) is 6.54 Å². The van der Waals surface area contributed by atoms with Crippen LogP contribution in [0.5, 0.6) is 0 Å². The number of rotatable bonds is 3. The highest BCUT2D eigenvalue weighted by atomic mass is 16.1. The smallest absolute Gasteiger partial charge is 0.251 e. The highest BCUT2D eigenvalue weighted by Crippen LogP contribution is 2.31. The summed E-state index contributed by atoms with van der Waals surface area (Å²) in [6, 6.07) is 7.47. The van der Waals surface area contributed by atoms with E-state index >= 15 is 0 Å². The van der Waals surface area contributed by atoms with Crippen molar-refractivity contribution in [2.75, 3.05) is 0 Å². The quantitative estimate of drug-likeness (QED) is 0.813. The first-order valence-electron chi connectivity index (χ1n) is 5.74. The first-order valence-corrected chi connectivity index (χ1v) is 5.74. The van der Waals surface area contributed by atoms with E-state index in [0.717, 1.165) is 18.4 Å². The fourth-order valence-electron chi connectivity index (χ4n) is 1.97. The van der Waals surface area contributed by atoms with Crippen LogP contribution in [-0.4, -0.2) is 11.4 Å². The van der Waals surface area contributed by atoms with Crippen molar-refractivity contribution in [2.45, 2.75) is 38.3 Å². The van der Waals surface area contributed by atoms with Crippen molar-refractivity contribution in [1.29, 1.82) is 0 Å². The second kappa shape index (κ2) is 4.26. The van der Waals surface area contributed by atoms with Gasteiger partial charge in [0.1, 0.15) is 0 Å². The summed E-state index contributed by atoms with van der Waals surface area (Å²) in [5.41, 5.74) is 7.29. The third-order valence-corrected chi connectivity index (χ3v) is 3.32. The van der Waals surface area contributed by atoms with Crippen molar-refractivity contribution in [2.24, 2.45) is 5.73 Å².